The summed E-state index contributed by atoms with van der Waals surface area (Å²) in [6, 6.07) is 38.6. The van der Waals surface area contributed by atoms with Crippen LogP contribution >= 0.6 is 15.9 Å². The average Bonchev–Trinajstić information content (AvgIpc) is 3.53. The minimum absolute atomic E-state index is 0.0278. The second-order valence-corrected chi connectivity index (χ2v) is 12.8. The molecule has 0 aliphatic carbocycles. The molecular formula is C40H36BrFN2O5. The van der Waals surface area contributed by atoms with E-state index in [0.717, 1.165) is 21.3 Å². The summed E-state index contributed by atoms with van der Waals surface area (Å²) in [6.45, 7) is 0.318. The summed E-state index contributed by atoms with van der Waals surface area (Å²) in [5.41, 5.74) is 3.72. The van der Waals surface area contributed by atoms with Gasteiger partial charge in [0.2, 0.25) is 5.91 Å². The minimum atomic E-state index is -0.984. The minimum Gasteiger partial charge on any atom is -0.489 e. The Labute approximate surface area is 293 Å². The number of benzene rings is 5. The number of para-hydroxylation sites is 1. The molecule has 1 aliphatic heterocycles. The van der Waals surface area contributed by atoms with E-state index in [0.29, 0.717) is 23.5 Å². The van der Waals surface area contributed by atoms with Crippen LogP contribution in [-0.4, -0.2) is 28.6 Å². The maximum absolute atomic E-state index is 14.9. The van der Waals surface area contributed by atoms with Crippen LogP contribution in [-0.2, 0) is 16.1 Å². The van der Waals surface area contributed by atoms with E-state index in [1.54, 1.807) is 0 Å². The lowest BCUT2D eigenvalue weighted by molar-refractivity contribution is -0.134. The van der Waals surface area contributed by atoms with Gasteiger partial charge < -0.3 is 19.9 Å². The Balaban J connectivity index is 1.42. The first kappa shape index (κ1) is 33.9. The number of amides is 2. The fraction of sp³-hybridized carbons (Fsp3) is 0.200. The third-order valence-electron chi connectivity index (χ3n) is 8.66. The molecule has 2 N–H and O–H groups in total. The molecular weight excluding hydrogens is 687 g/mol. The molecule has 1 saturated heterocycles. The first-order valence-corrected chi connectivity index (χ1v) is 16.9. The Hall–Kier alpha value is -4.99. The van der Waals surface area contributed by atoms with Gasteiger partial charge in [0.25, 0.3) is 0 Å². The lowest BCUT2D eigenvalue weighted by atomic mass is 9.85. The van der Waals surface area contributed by atoms with Gasteiger partial charge in [0.1, 0.15) is 30.8 Å². The molecule has 0 spiro atoms. The number of hydrogen-bond acceptors (Lipinski definition) is 6. The number of ether oxygens (including phenoxy) is 2. The summed E-state index contributed by atoms with van der Waals surface area (Å²) < 4.78 is 26.4. The number of halogens is 2. The molecule has 2 amide bonds. The van der Waals surface area contributed by atoms with Crippen LogP contribution in [0.25, 0.3) is 0 Å². The van der Waals surface area contributed by atoms with Crippen molar-refractivity contribution < 1.29 is 28.6 Å². The predicted octanol–water partition coefficient (Wildman–Crippen LogP) is 9.17. The quantitative estimate of drug-likeness (QED) is 0.126. The molecule has 0 bridgehead atoms. The third-order valence-corrected chi connectivity index (χ3v) is 9.16. The van der Waals surface area contributed by atoms with Gasteiger partial charge in [0.05, 0.1) is 18.1 Å². The summed E-state index contributed by atoms with van der Waals surface area (Å²) >= 11 is 3.58. The number of anilines is 1. The van der Waals surface area contributed by atoms with Crippen LogP contribution in [0.4, 0.5) is 14.9 Å². The second kappa shape index (κ2) is 15.9. The zero-order valence-corrected chi connectivity index (χ0v) is 28.2. The number of nitrogens with one attached hydrogen (secondary N) is 1. The highest BCUT2D eigenvalue weighted by atomic mass is 79.9. The number of rotatable bonds is 13. The smallest absolute Gasteiger partial charge is 0.417 e. The molecule has 7 nitrogen and oxygen atoms in total. The molecule has 1 aliphatic rings. The Morgan fingerprint density at radius 3 is 2.24 bits per heavy atom. The van der Waals surface area contributed by atoms with Crippen molar-refractivity contribution in [3.05, 3.63) is 166 Å². The number of aliphatic hydroxyl groups excluding tert-OH is 1. The Morgan fingerprint density at radius 2 is 1.55 bits per heavy atom. The van der Waals surface area contributed by atoms with Crippen molar-refractivity contribution in [2.45, 2.75) is 37.6 Å². The standard InChI is InChI=1S/C40H36BrFN2O5/c41-30-18-21-33(37(24-30)48-25-27-10-4-1-5-11-27)38(43-32-14-8-3-9-15-32)34(22-23-36(45)29-16-19-31(42)20-17-29)39(46)44-35(26-49-40(44)47)28-12-6-2-7-13-28/h1-21,24,34-36,38,43,45H,22-23,25-26H2/t34-,35-,36+,38-/m1/s1. The molecule has 49 heavy (non-hydrogen) atoms. The van der Waals surface area contributed by atoms with Crippen LogP contribution in [0.15, 0.2) is 138 Å². The molecule has 4 atom stereocenters. The molecule has 5 aromatic rings. The lowest BCUT2D eigenvalue weighted by Gasteiger charge is -2.33. The highest BCUT2D eigenvalue weighted by molar-refractivity contribution is 9.10. The Bertz CT molecular complexity index is 1840. The van der Waals surface area contributed by atoms with E-state index in [-0.39, 0.29) is 19.4 Å². The van der Waals surface area contributed by atoms with E-state index < -0.39 is 41.9 Å². The number of imide groups is 1. The highest BCUT2D eigenvalue weighted by Crippen LogP contribution is 2.41. The normalized spacial score (nSPS) is 16.0. The van der Waals surface area contributed by atoms with Gasteiger partial charge in [-0.15, -0.1) is 0 Å². The van der Waals surface area contributed by atoms with Gasteiger partial charge in [-0.2, -0.15) is 0 Å². The fourth-order valence-corrected chi connectivity index (χ4v) is 6.46. The Morgan fingerprint density at radius 1 is 0.898 bits per heavy atom. The van der Waals surface area contributed by atoms with E-state index in [9.17, 15) is 19.1 Å². The highest BCUT2D eigenvalue weighted by Gasteiger charge is 2.44. The van der Waals surface area contributed by atoms with Crippen LogP contribution in [0.2, 0.25) is 0 Å². The van der Waals surface area contributed by atoms with E-state index >= 15 is 0 Å². The van der Waals surface area contributed by atoms with Gasteiger partial charge in [0.15, 0.2) is 0 Å². The van der Waals surface area contributed by atoms with Crippen LogP contribution < -0.4 is 10.1 Å². The largest absolute Gasteiger partial charge is 0.489 e. The molecule has 0 saturated carbocycles. The molecule has 0 radical (unpaired) electrons. The van der Waals surface area contributed by atoms with E-state index in [1.807, 2.05) is 109 Å². The number of aliphatic hydroxyl groups is 1. The van der Waals surface area contributed by atoms with Crippen LogP contribution in [0.1, 0.15) is 53.3 Å². The predicted molar refractivity (Wildman–Crippen MR) is 189 cm³/mol. The number of carbonyl (C=O) groups excluding carboxylic acids is 2. The van der Waals surface area contributed by atoms with Crippen LogP contribution in [0.5, 0.6) is 5.75 Å². The van der Waals surface area contributed by atoms with E-state index in [2.05, 4.69) is 21.2 Å². The maximum Gasteiger partial charge on any atom is 0.417 e. The van der Waals surface area contributed by atoms with Crippen molar-refractivity contribution in [3.8, 4) is 5.75 Å². The van der Waals surface area contributed by atoms with Gasteiger partial charge >= 0.3 is 6.09 Å². The van der Waals surface area contributed by atoms with Crippen LogP contribution in [0, 0.1) is 11.7 Å². The molecule has 0 unspecified atom stereocenters. The van der Waals surface area contributed by atoms with Crippen molar-refractivity contribution in [3.63, 3.8) is 0 Å². The lowest BCUT2D eigenvalue weighted by Crippen LogP contribution is -2.42. The summed E-state index contributed by atoms with van der Waals surface area (Å²) in [6.07, 6.45) is -1.38. The molecule has 1 fully saturated rings. The first-order chi connectivity index (χ1) is 23.9. The molecule has 0 aromatic heterocycles. The van der Waals surface area contributed by atoms with E-state index in [4.69, 9.17) is 9.47 Å². The molecule has 9 heteroatoms. The van der Waals surface area contributed by atoms with Crippen LogP contribution in [0.3, 0.4) is 0 Å². The zero-order chi connectivity index (χ0) is 34.2. The number of cyclic esters (lactones) is 1. The maximum atomic E-state index is 14.9. The summed E-state index contributed by atoms with van der Waals surface area (Å²) in [5.74, 6) is -1.19. The Kier molecular flexibility index (Phi) is 11.0. The van der Waals surface area contributed by atoms with Gasteiger partial charge in [-0.05, 0) is 65.9 Å². The van der Waals surface area contributed by atoms with Gasteiger partial charge in [0, 0.05) is 15.7 Å². The zero-order valence-electron chi connectivity index (χ0n) is 26.6. The summed E-state index contributed by atoms with van der Waals surface area (Å²) in [7, 11) is 0. The fourth-order valence-electron chi connectivity index (χ4n) is 6.12. The first-order valence-electron chi connectivity index (χ1n) is 16.1. The van der Waals surface area contributed by atoms with Crippen molar-refractivity contribution in [2.24, 2.45) is 5.92 Å². The third kappa shape index (κ3) is 8.36. The molecule has 250 valence electrons. The average molecular weight is 724 g/mol. The van der Waals surface area contributed by atoms with Gasteiger partial charge in [-0.3, -0.25) is 4.79 Å². The van der Waals surface area contributed by atoms with Crippen molar-refractivity contribution in [2.75, 3.05) is 11.9 Å². The molecule has 5 aromatic carbocycles. The number of hydrogen-bond donors (Lipinski definition) is 2. The monoisotopic (exact) mass is 722 g/mol. The topological polar surface area (TPSA) is 88.1 Å². The van der Waals surface area contributed by atoms with Gasteiger partial charge in [-0.25, -0.2) is 14.1 Å². The number of nitrogens with zero attached hydrogens (tertiary/aromatic N) is 1. The van der Waals surface area contributed by atoms with Crippen molar-refractivity contribution in [1.29, 1.82) is 0 Å². The van der Waals surface area contributed by atoms with Crippen molar-refractivity contribution in [1.82, 2.24) is 4.90 Å². The number of carbonyl (C=O) groups is 2. The molecule has 6 rings (SSSR count). The summed E-state index contributed by atoms with van der Waals surface area (Å²) in [5, 5.41) is 14.8. The summed E-state index contributed by atoms with van der Waals surface area (Å²) in [4.78, 5) is 29.4. The molecule has 1 heterocycles. The SMILES string of the molecule is O=C1OC[C@H](c2ccccc2)N1C(=O)[C@H](CC[C@H](O)c1ccc(F)cc1)[C@H](Nc1ccccc1)c1ccc(Br)cc1OCc1ccccc1. The van der Waals surface area contributed by atoms with Crippen molar-refractivity contribution >= 4 is 33.6 Å². The van der Waals surface area contributed by atoms with E-state index in [1.165, 1.54) is 29.2 Å². The second-order valence-electron chi connectivity index (χ2n) is 11.9. The van der Waals surface area contributed by atoms with Gasteiger partial charge in [-0.1, -0.05) is 113 Å².